The molecule has 1 aliphatic rings. The van der Waals surface area contributed by atoms with Crippen molar-refractivity contribution in [3.05, 3.63) is 48.1 Å². The molecule has 0 fully saturated rings. The summed E-state index contributed by atoms with van der Waals surface area (Å²) in [4.78, 5) is 22.4. The highest BCUT2D eigenvalue weighted by molar-refractivity contribution is 5.93. The topological polar surface area (TPSA) is 66.4 Å². The zero-order valence-corrected chi connectivity index (χ0v) is 10.4. The second kappa shape index (κ2) is 6.00. The number of amides is 1. The first kappa shape index (κ1) is 13.1. The van der Waals surface area contributed by atoms with Gasteiger partial charge in [-0.15, -0.1) is 0 Å². The van der Waals surface area contributed by atoms with E-state index in [2.05, 4.69) is 5.32 Å². The average Bonchev–Trinajstić information content (AvgIpc) is 2.91. The molecule has 0 spiro atoms. The lowest BCUT2D eigenvalue weighted by Gasteiger charge is -2.10. The molecule has 1 aromatic carbocycles. The molecule has 0 aliphatic heterocycles. The van der Waals surface area contributed by atoms with E-state index < -0.39 is 5.97 Å². The SMILES string of the molecule is O=C(O)/C=C/c1cccc(NC(=O)C2CC=CC2)c1. The van der Waals surface area contributed by atoms with Crippen LogP contribution in [0.1, 0.15) is 18.4 Å². The Bertz CT molecular complexity index is 538. The number of benzene rings is 1. The van der Waals surface area contributed by atoms with Gasteiger partial charge in [0, 0.05) is 17.7 Å². The summed E-state index contributed by atoms with van der Waals surface area (Å²) in [5, 5.41) is 11.4. The van der Waals surface area contributed by atoms with E-state index in [1.54, 1.807) is 24.3 Å². The first-order chi connectivity index (χ1) is 9.15. The maximum absolute atomic E-state index is 11.9. The van der Waals surface area contributed by atoms with Crippen LogP contribution in [0.5, 0.6) is 0 Å². The normalized spacial score (nSPS) is 14.9. The van der Waals surface area contributed by atoms with Crippen molar-refractivity contribution < 1.29 is 14.7 Å². The number of anilines is 1. The number of carboxylic acids is 1. The minimum atomic E-state index is -0.994. The van der Waals surface area contributed by atoms with E-state index in [1.807, 2.05) is 12.2 Å². The molecule has 0 saturated carbocycles. The van der Waals surface area contributed by atoms with Crippen LogP contribution in [0.25, 0.3) is 6.08 Å². The van der Waals surface area contributed by atoms with Gasteiger partial charge in [0.2, 0.25) is 5.91 Å². The van der Waals surface area contributed by atoms with E-state index in [0.29, 0.717) is 5.69 Å². The summed E-state index contributed by atoms with van der Waals surface area (Å²) in [5.74, 6) is -0.978. The first-order valence-corrected chi connectivity index (χ1v) is 6.12. The molecule has 1 aromatic rings. The molecule has 98 valence electrons. The Balaban J connectivity index is 2.02. The number of carbonyl (C=O) groups excluding carboxylic acids is 1. The van der Waals surface area contributed by atoms with Crippen molar-refractivity contribution in [1.29, 1.82) is 0 Å². The molecule has 4 heteroatoms. The van der Waals surface area contributed by atoms with Gasteiger partial charge in [0.05, 0.1) is 0 Å². The Hall–Kier alpha value is -2.36. The largest absolute Gasteiger partial charge is 0.478 e. The standard InChI is InChI=1S/C15H15NO3/c17-14(18)9-8-11-4-3-7-13(10-11)16-15(19)12-5-1-2-6-12/h1-4,7-10,12H,5-6H2,(H,16,19)(H,17,18)/b9-8+. The monoisotopic (exact) mass is 257 g/mol. The molecule has 0 bridgehead atoms. The van der Waals surface area contributed by atoms with Gasteiger partial charge < -0.3 is 10.4 Å². The van der Waals surface area contributed by atoms with Crippen LogP contribution in [-0.2, 0) is 9.59 Å². The van der Waals surface area contributed by atoms with Gasteiger partial charge in [-0.25, -0.2) is 4.79 Å². The molecule has 0 atom stereocenters. The number of rotatable bonds is 4. The fourth-order valence-electron chi connectivity index (χ4n) is 1.96. The molecule has 0 aromatic heterocycles. The average molecular weight is 257 g/mol. The highest BCUT2D eigenvalue weighted by atomic mass is 16.4. The summed E-state index contributed by atoms with van der Waals surface area (Å²) >= 11 is 0. The number of carboxylic acid groups (broad SMARTS) is 1. The minimum absolute atomic E-state index is 0.00404. The highest BCUT2D eigenvalue weighted by Crippen LogP contribution is 2.20. The Morgan fingerprint density at radius 3 is 2.68 bits per heavy atom. The first-order valence-electron chi connectivity index (χ1n) is 6.12. The molecule has 1 amide bonds. The molecular formula is C15H15NO3. The fraction of sp³-hybridized carbons (Fsp3) is 0.200. The van der Waals surface area contributed by atoms with Crippen LogP contribution >= 0.6 is 0 Å². The molecule has 19 heavy (non-hydrogen) atoms. The molecule has 1 aliphatic carbocycles. The van der Waals surface area contributed by atoms with Crippen LogP contribution in [0.4, 0.5) is 5.69 Å². The molecule has 2 rings (SSSR count). The maximum Gasteiger partial charge on any atom is 0.328 e. The van der Waals surface area contributed by atoms with Gasteiger partial charge >= 0.3 is 5.97 Å². The lowest BCUT2D eigenvalue weighted by atomic mass is 10.1. The van der Waals surface area contributed by atoms with Crippen molar-refractivity contribution >= 4 is 23.6 Å². The van der Waals surface area contributed by atoms with Crippen LogP contribution in [0, 0.1) is 5.92 Å². The molecule has 4 nitrogen and oxygen atoms in total. The summed E-state index contributed by atoms with van der Waals surface area (Å²) in [5.41, 5.74) is 1.43. The molecule has 0 heterocycles. The molecule has 0 unspecified atom stereocenters. The highest BCUT2D eigenvalue weighted by Gasteiger charge is 2.18. The quantitative estimate of drug-likeness (QED) is 0.643. The number of hydrogen-bond acceptors (Lipinski definition) is 2. The number of carbonyl (C=O) groups is 2. The Kier molecular flexibility index (Phi) is 4.13. The Labute approximate surface area is 111 Å². The smallest absolute Gasteiger partial charge is 0.328 e. The predicted molar refractivity (Wildman–Crippen MR) is 73.6 cm³/mol. The molecule has 0 saturated heterocycles. The van der Waals surface area contributed by atoms with Crippen LogP contribution < -0.4 is 5.32 Å². The molecule has 2 N–H and O–H groups in total. The van der Waals surface area contributed by atoms with Crippen molar-refractivity contribution in [1.82, 2.24) is 0 Å². The molecular weight excluding hydrogens is 242 g/mol. The fourth-order valence-corrected chi connectivity index (χ4v) is 1.96. The number of hydrogen-bond donors (Lipinski definition) is 2. The van der Waals surface area contributed by atoms with Crippen LogP contribution in [0.15, 0.2) is 42.5 Å². The van der Waals surface area contributed by atoms with E-state index in [0.717, 1.165) is 24.5 Å². The Morgan fingerprint density at radius 1 is 1.26 bits per heavy atom. The van der Waals surface area contributed by atoms with E-state index >= 15 is 0 Å². The zero-order chi connectivity index (χ0) is 13.7. The van der Waals surface area contributed by atoms with Gasteiger partial charge in [-0.3, -0.25) is 4.79 Å². The lowest BCUT2D eigenvalue weighted by Crippen LogP contribution is -2.20. The van der Waals surface area contributed by atoms with Crippen LogP contribution in [0.2, 0.25) is 0 Å². The van der Waals surface area contributed by atoms with Crippen molar-refractivity contribution in [3.63, 3.8) is 0 Å². The van der Waals surface area contributed by atoms with Crippen molar-refractivity contribution in [2.75, 3.05) is 5.32 Å². The zero-order valence-electron chi connectivity index (χ0n) is 10.4. The molecule has 0 radical (unpaired) electrons. The summed E-state index contributed by atoms with van der Waals surface area (Å²) in [6.07, 6.45) is 8.15. The van der Waals surface area contributed by atoms with Gasteiger partial charge in [0.25, 0.3) is 0 Å². The Morgan fingerprint density at radius 2 is 2.00 bits per heavy atom. The van der Waals surface area contributed by atoms with Gasteiger partial charge in [-0.05, 0) is 36.6 Å². The van der Waals surface area contributed by atoms with Crippen LogP contribution in [0.3, 0.4) is 0 Å². The second-order valence-electron chi connectivity index (χ2n) is 4.43. The van der Waals surface area contributed by atoms with Crippen LogP contribution in [-0.4, -0.2) is 17.0 Å². The van der Waals surface area contributed by atoms with Crippen molar-refractivity contribution in [3.8, 4) is 0 Å². The summed E-state index contributed by atoms with van der Waals surface area (Å²) in [6.45, 7) is 0. The van der Waals surface area contributed by atoms with Gasteiger partial charge in [-0.1, -0.05) is 24.3 Å². The maximum atomic E-state index is 11.9. The summed E-state index contributed by atoms with van der Waals surface area (Å²) in [7, 11) is 0. The third-order valence-electron chi connectivity index (χ3n) is 2.95. The van der Waals surface area contributed by atoms with E-state index in [1.165, 1.54) is 6.08 Å². The van der Waals surface area contributed by atoms with E-state index in [9.17, 15) is 9.59 Å². The summed E-state index contributed by atoms with van der Waals surface area (Å²) in [6, 6.07) is 7.11. The summed E-state index contributed by atoms with van der Waals surface area (Å²) < 4.78 is 0. The second-order valence-corrected chi connectivity index (χ2v) is 4.43. The van der Waals surface area contributed by atoms with E-state index in [-0.39, 0.29) is 11.8 Å². The number of allylic oxidation sites excluding steroid dienone is 2. The van der Waals surface area contributed by atoms with Gasteiger partial charge in [-0.2, -0.15) is 0 Å². The predicted octanol–water partition coefficient (Wildman–Crippen LogP) is 2.69. The van der Waals surface area contributed by atoms with Crippen molar-refractivity contribution in [2.24, 2.45) is 5.92 Å². The van der Waals surface area contributed by atoms with Gasteiger partial charge in [0.1, 0.15) is 0 Å². The minimum Gasteiger partial charge on any atom is -0.478 e. The van der Waals surface area contributed by atoms with E-state index in [4.69, 9.17) is 5.11 Å². The number of nitrogens with one attached hydrogen (secondary N) is 1. The lowest BCUT2D eigenvalue weighted by molar-refractivity contribution is -0.131. The third kappa shape index (κ3) is 3.81. The third-order valence-corrected chi connectivity index (χ3v) is 2.95. The van der Waals surface area contributed by atoms with Gasteiger partial charge in [0.15, 0.2) is 0 Å². The number of aliphatic carboxylic acids is 1. The van der Waals surface area contributed by atoms with Crippen molar-refractivity contribution in [2.45, 2.75) is 12.8 Å².